The summed E-state index contributed by atoms with van der Waals surface area (Å²) in [5.74, 6) is -3.08. The van der Waals surface area contributed by atoms with E-state index in [1.807, 2.05) is 72.7 Å². The molecular weight excluding hydrogens is 652 g/mol. The molecule has 1 aliphatic heterocycles. The topological polar surface area (TPSA) is 189 Å². The molecule has 1 saturated carbocycles. The van der Waals surface area contributed by atoms with E-state index in [1.165, 1.54) is 0 Å². The largest absolute Gasteiger partial charge is 0.447 e. The number of nitrogens with zero attached hydrogens (tertiary/aromatic N) is 1. The van der Waals surface area contributed by atoms with Crippen LogP contribution in [0.1, 0.15) is 91.7 Å². The number of urea groups is 1. The summed E-state index contributed by atoms with van der Waals surface area (Å²) < 4.78 is 5.43. The Balaban J connectivity index is 1.59. The van der Waals surface area contributed by atoms with Crippen molar-refractivity contribution in [2.24, 2.45) is 34.8 Å². The highest BCUT2D eigenvalue weighted by molar-refractivity contribution is 6.37. The van der Waals surface area contributed by atoms with E-state index in [0.717, 1.165) is 30.4 Å². The molecule has 0 bridgehead atoms. The van der Waals surface area contributed by atoms with Crippen molar-refractivity contribution < 1.29 is 33.5 Å². The molecule has 1 heterocycles. The number of hydrogen-bond acceptors (Lipinski definition) is 7. The van der Waals surface area contributed by atoms with E-state index in [9.17, 15) is 28.8 Å². The highest BCUT2D eigenvalue weighted by Crippen LogP contribution is 2.35. The smallest absolute Gasteiger partial charge is 0.407 e. The van der Waals surface area contributed by atoms with Crippen LogP contribution in [0.3, 0.4) is 0 Å². The second kappa shape index (κ2) is 16.9. The second-order valence-corrected chi connectivity index (χ2v) is 16.3. The minimum absolute atomic E-state index is 0.0290. The Labute approximate surface area is 301 Å². The maximum absolute atomic E-state index is 14.7. The van der Waals surface area contributed by atoms with Crippen LogP contribution in [0.5, 0.6) is 0 Å². The molecule has 1 aromatic rings. The number of nitrogens with two attached hydrogens (primary N) is 1. The minimum Gasteiger partial charge on any atom is -0.447 e. The number of benzene rings is 1. The first-order valence-electron chi connectivity index (χ1n) is 18.5. The maximum atomic E-state index is 14.7. The number of likely N-dealkylation sites (tertiary alicyclic amines) is 1. The Hall–Kier alpha value is -4.16. The van der Waals surface area contributed by atoms with Crippen LogP contribution in [0.15, 0.2) is 24.3 Å². The quantitative estimate of drug-likeness (QED) is 0.183. The number of ether oxygens (including phenoxy) is 1. The van der Waals surface area contributed by atoms with Gasteiger partial charge in [0, 0.05) is 12.6 Å². The number of rotatable bonds is 14. The average Bonchev–Trinajstić information content (AvgIpc) is 3.66. The molecule has 0 radical (unpaired) electrons. The third-order valence-electron chi connectivity index (χ3n) is 10.8. The lowest BCUT2D eigenvalue weighted by Crippen LogP contribution is -2.61. The lowest BCUT2D eigenvalue weighted by atomic mass is 9.80. The van der Waals surface area contributed by atoms with Crippen LogP contribution in [0.2, 0.25) is 0 Å². The van der Waals surface area contributed by atoms with E-state index in [1.54, 1.807) is 4.90 Å². The highest BCUT2D eigenvalue weighted by atomic mass is 16.5. The molecule has 1 aromatic carbocycles. The Kier molecular flexibility index (Phi) is 13.1. The van der Waals surface area contributed by atoms with Crippen LogP contribution in [0.4, 0.5) is 9.59 Å². The SMILES string of the molecule is CC(C)NC(=O)OC[C@@H](NC(=O)N[C@H](C(=O)N1CCC(C(C)C)[C@H]1C(=O)NC(CC1CCC1)C(=O)C(N)=O)C1Cc2ccccc2C1)C(C)(C)C. The fourth-order valence-electron chi connectivity index (χ4n) is 7.49. The van der Waals surface area contributed by atoms with Crippen LogP contribution >= 0.6 is 0 Å². The zero-order valence-electron chi connectivity index (χ0n) is 31.3. The lowest BCUT2D eigenvalue weighted by molar-refractivity contribution is -0.144. The van der Waals surface area contributed by atoms with Crippen molar-refractivity contribution in [1.29, 1.82) is 0 Å². The van der Waals surface area contributed by atoms with Crippen molar-refractivity contribution >= 4 is 35.6 Å². The van der Waals surface area contributed by atoms with Gasteiger partial charge >= 0.3 is 12.1 Å². The molecule has 4 rings (SSSR count). The highest BCUT2D eigenvalue weighted by Gasteiger charge is 2.48. The van der Waals surface area contributed by atoms with Crippen molar-refractivity contribution in [3.05, 3.63) is 35.4 Å². The fourth-order valence-corrected chi connectivity index (χ4v) is 7.49. The van der Waals surface area contributed by atoms with Gasteiger partial charge in [-0.25, -0.2) is 9.59 Å². The second-order valence-electron chi connectivity index (χ2n) is 16.3. The number of alkyl carbamates (subject to hydrolysis) is 1. The van der Waals surface area contributed by atoms with E-state index in [4.69, 9.17) is 10.5 Å². The van der Waals surface area contributed by atoms with E-state index in [2.05, 4.69) is 21.3 Å². The van der Waals surface area contributed by atoms with Gasteiger partial charge in [-0.15, -0.1) is 0 Å². The molecule has 0 spiro atoms. The van der Waals surface area contributed by atoms with Crippen LogP contribution in [0, 0.1) is 29.1 Å². The summed E-state index contributed by atoms with van der Waals surface area (Å²) in [4.78, 5) is 81.3. The number of amides is 6. The van der Waals surface area contributed by atoms with Gasteiger partial charge in [0.05, 0.1) is 12.1 Å². The van der Waals surface area contributed by atoms with Gasteiger partial charge in [0.25, 0.3) is 5.91 Å². The Bertz CT molecular complexity index is 1430. The van der Waals surface area contributed by atoms with Crippen molar-refractivity contribution in [3.8, 4) is 0 Å². The first-order valence-corrected chi connectivity index (χ1v) is 18.5. The molecule has 51 heavy (non-hydrogen) atoms. The van der Waals surface area contributed by atoms with Gasteiger partial charge in [-0.2, -0.15) is 0 Å². The van der Waals surface area contributed by atoms with Crippen molar-refractivity contribution in [2.75, 3.05) is 13.2 Å². The molecule has 2 aliphatic carbocycles. The molecular formula is C38H58N6O7. The van der Waals surface area contributed by atoms with E-state index < -0.39 is 59.3 Å². The number of hydrogen-bond donors (Lipinski definition) is 5. The van der Waals surface area contributed by atoms with Gasteiger partial charge in [0.2, 0.25) is 17.6 Å². The first-order chi connectivity index (χ1) is 24.0. The molecule has 1 saturated heterocycles. The number of primary amides is 1. The minimum atomic E-state index is -1.10. The molecule has 6 N–H and O–H groups in total. The predicted octanol–water partition coefficient (Wildman–Crippen LogP) is 3.22. The molecule has 13 nitrogen and oxygen atoms in total. The molecule has 3 aliphatic rings. The monoisotopic (exact) mass is 710 g/mol. The Morgan fingerprint density at radius 2 is 1.53 bits per heavy atom. The van der Waals surface area contributed by atoms with Crippen LogP contribution < -0.4 is 27.0 Å². The summed E-state index contributed by atoms with van der Waals surface area (Å²) >= 11 is 0. The summed E-state index contributed by atoms with van der Waals surface area (Å²) in [5, 5.41) is 11.4. The maximum Gasteiger partial charge on any atom is 0.407 e. The number of carbonyl (C=O) groups excluding carboxylic acids is 6. The third-order valence-corrected chi connectivity index (χ3v) is 10.8. The predicted molar refractivity (Wildman–Crippen MR) is 192 cm³/mol. The molecule has 6 amide bonds. The number of Topliss-reactive ketones (excluding diaryl/α,β-unsaturated/α-hetero) is 1. The van der Waals surface area contributed by atoms with Gasteiger partial charge in [-0.1, -0.05) is 78.1 Å². The number of carbonyl (C=O) groups is 6. The summed E-state index contributed by atoms with van der Waals surface area (Å²) in [6.45, 7) is 13.6. The van der Waals surface area contributed by atoms with Gasteiger partial charge < -0.3 is 36.6 Å². The standard InChI is InChI=1S/C38H58N6O7/c1-21(2)27-15-16-44(31(27)34(47)41-28(32(45)33(39)46)17-23-11-10-12-23)35(48)30(26-18-24-13-8-9-14-25(24)19-26)43-36(49)42-29(38(5,6)7)20-51-37(50)40-22(3)4/h8-9,13-14,21-23,26-31H,10-12,15-20H2,1-7H3,(H2,39,46)(H,40,50)(H,41,47)(H2,42,43,49)/t27?,28?,29-,30+,31+/m1/s1. The Morgan fingerprint density at radius 3 is 2.04 bits per heavy atom. The summed E-state index contributed by atoms with van der Waals surface area (Å²) in [6.07, 6.45) is 4.25. The zero-order valence-corrected chi connectivity index (χ0v) is 31.3. The summed E-state index contributed by atoms with van der Waals surface area (Å²) in [7, 11) is 0. The molecule has 13 heteroatoms. The zero-order chi connectivity index (χ0) is 37.6. The lowest BCUT2D eigenvalue weighted by Gasteiger charge is -2.36. The summed E-state index contributed by atoms with van der Waals surface area (Å²) in [5.41, 5.74) is 7.07. The van der Waals surface area contributed by atoms with E-state index in [0.29, 0.717) is 32.2 Å². The Morgan fingerprint density at radius 1 is 0.902 bits per heavy atom. The number of ketones is 1. The molecule has 282 valence electrons. The van der Waals surface area contributed by atoms with Gasteiger partial charge in [-0.05, 0) is 79.7 Å². The van der Waals surface area contributed by atoms with Gasteiger partial charge in [0.15, 0.2) is 0 Å². The van der Waals surface area contributed by atoms with Crippen LogP contribution in [-0.4, -0.2) is 83.9 Å². The molecule has 0 aromatic heterocycles. The van der Waals surface area contributed by atoms with Gasteiger partial charge in [0.1, 0.15) is 18.7 Å². The van der Waals surface area contributed by atoms with Crippen LogP contribution in [0.25, 0.3) is 0 Å². The van der Waals surface area contributed by atoms with Crippen LogP contribution in [-0.2, 0) is 36.8 Å². The van der Waals surface area contributed by atoms with Gasteiger partial charge in [-0.3, -0.25) is 19.2 Å². The number of fused-ring (bicyclic) bond motifs is 1. The average molecular weight is 711 g/mol. The summed E-state index contributed by atoms with van der Waals surface area (Å²) in [6, 6.07) is 3.68. The van der Waals surface area contributed by atoms with Crippen molar-refractivity contribution in [3.63, 3.8) is 0 Å². The normalized spacial score (nSPS) is 20.9. The molecule has 2 fully saturated rings. The van der Waals surface area contributed by atoms with Crippen molar-refractivity contribution in [1.82, 2.24) is 26.2 Å². The number of nitrogens with one attached hydrogen (secondary N) is 4. The third kappa shape index (κ3) is 10.2. The van der Waals surface area contributed by atoms with E-state index >= 15 is 0 Å². The van der Waals surface area contributed by atoms with E-state index in [-0.39, 0.29) is 42.2 Å². The molecule has 2 unspecified atom stereocenters. The van der Waals surface area contributed by atoms with Crippen molar-refractivity contribution in [2.45, 2.75) is 124 Å². The molecule has 5 atom stereocenters. The fraction of sp³-hybridized carbons (Fsp3) is 0.684. The first kappa shape index (κ1) is 39.6.